The molecule has 7 heteroatoms. The highest BCUT2D eigenvalue weighted by Crippen LogP contribution is 2.26. The minimum atomic E-state index is -0.349. The number of rotatable bonds is 3. The van der Waals surface area contributed by atoms with Crippen molar-refractivity contribution in [2.75, 3.05) is 31.1 Å². The van der Waals surface area contributed by atoms with Crippen molar-refractivity contribution in [3.63, 3.8) is 0 Å². The van der Waals surface area contributed by atoms with E-state index in [4.69, 9.17) is 0 Å². The lowest BCUT2D eigenvalue weighted by Gasteiger charge is -2.38. The van der Waals surface area contributed by atoms with E-state index in [1.54, 1.807) is 4.57 Å². The number of anilines is 1. The zero-order chi connectivity index (χ0) is 21.3. The van der Waals surface area contributed by atoms with E-state index in [0.29, 0.717) is 37.6 Å². The Labute approximate surface area is 176 Å². The molecule has 1 aliphatic carbocycles. The van der Waals surface area contributed by atoms with E-state index in [1.807, 2.05) is 47.1 Å². The minimum Gasteiger partial charge on any atom is -0.362 e. The first-order chi connectivity index (χ1) is 14.5. The van der Waals surface area contributed by atoms with Crippen LogP contribution in [0.1, 0.15) is 37.8 Å². The predicted octanol–water partition coefficient (Wildman–Crippen LogP) is 2.07. The van der Waals surface area contributed by atoms with E-state index in [0.717, 1.165) is 31.4 Å². The predicted molar refractivity (Wildman–Crippen MR) is 117 cm³/mol. The van der Waals surface area contributed by atoms with Gasteiger partial charge in [0.2, 0.25) is 5.91 Å². The number of benzene rings is 1. The Bertz CT molecular complexity index is 1030. The first-order valence-electron chi connectivity index (χ1n) is 10.9. The molecule has 1 amide bonds. The molecule has 160 valence electrons. The van der Waals surface area contributed by atoms with Crippen LogP contribution in [0.3, 0.4) is 0 Å². The summed E-state index contributed by atoms with van der Waals surface area (Å²) in [7, 11) is 1.52. The third-order valence-electron chi connectivity index (χ3n) is 6.54. The molecule has 0 unspecified atom stereocenters. The molecule has 1 aliphatic heterocycles. The topological polar surface area (TPSA) is 67.6 Å². The molecule has 0 atom stereocenters. The fourth-order valence-electron chi connectivity index (χ4n) is 4.80. The van der Waals surface area contributed by atoms with Crippen LogP contribution in [0.5, 0.6) is 0 Å². The van der Waals surface area contributed by atoms with E-state index < -0.39 is 0 Å². The molecule has 1 aromatic carbocycles. The van der Waals surface area contributed by atoms with E-state index >= 15 is 0 Å². The molecule has 2 fully saturated rings. The van der Waals surface area contributed by atoms with Crippen LogP contribution in [0.4, 0.5) is 5.69 Å². The lowest BCUT2D eigenvalue weighted by atomic mass is 9.88. The minimum absolute atomic E-state index is 0.167. The third kappa shape index (κ3) is 3.68. The maximum Gasteiger partial charge on any atom is 0.335 e. The normalized spacial score (nSPS) is 17.9. The SMILES string of the molecule is Cc1c(N2CCN(C(=O)C3CCCCC3)CC2)c(=O)n(C)c(=O)n1-c1ccccc1. The van der Waals surface area contributed by atoms with Gasteiger partial charge in [-0.1, -0.05) is 37.5 Å². The van der Waals surface area contributed by atoms with Gasteiger partial charge in [-0.15, -0.1) is 0 Å². The van der Waals surface area contributed by atoms with Crippen molar-refractivity contribution in [2.45, 2.75) is 39.0 Å². The molecule has 1 saturated heterocycles. The highest BCUT2D eigenvalue weighted by atomic mass is 16.2. The zero-order valence-corrected chi connectivity index (χ0v) is 17.8. The summed E-state index contributed by atoms with van der Waals surface area (Å²) in [4.78, 5) is 42.7. The maximum absolute atomic E-state index is 13.0. The fraction of sp³-hybridized carbons (Fsp3) is 0.522. The van der Waals surface area contributed by atoms with Gasteiger partial charge in [0.1, 0.15) is 5.69 Å². The Morgan fingerprint density at radius 2 is 1.57 bits per heavy atom. The summed E-state index contributed by atoms with van der Waals surface area (Å²) in [5.41, 5.74) is 1.30. The van der Waals surface area contributed by atoms with Crippen LogP contribution in [0.25, 0.3) is 5.69 Å². The summed E-state index contributed by atoms with van der Waals surface area (Å²) in [6.45, 7) is 4.25. The molecule has 0 bridgehead atoms. The van der Waals surface area contributed by atoms with Crippen LogP contribution in [0, 0.1) is 12.8 Å². The van der Waals surface area contributed by atoms with Crippen LogP contribution >= 0.6 is 0 Å². The molecular weight excluding hydrogens is 380 g/mol. The van der Waals surface area contributed by atoms with Crippen LogP contribution < -0.4 is 16.1 Å². The summed E-state index contributed by atoms with van der Waals surface area (Å²) in [5.74, 6) is 0.438. The van der Waals surface area contributed by atoms with Gasteiger partial charge >= 0.3 is 5.69 Å². The van der Waals surface area contributed by atoms with Crippen LogP contribution in [-0.4, -0.2) is 46.1 Å². The average molecular weight is 411 g/mol. The van der Waals surface area contributed by atoms with E-state index in [2.05, 4.69) is 0 Å². The highest BCUT2D eigenvalue weighted by Gasteiger charge is 2.30. The summed E-state index contributed by atoms with van der Waals surface area (Å²) < 4.78 is 2.77. The lowest BCUT2D eigenvalue weighted by molar-refractivity contribution is -0.136. The number of amides is 1. The van der Waals surface area contributed by atoms with Crippen molar-refractivity contribution in [3.05, 3.63) is 56.9 Å². The van der Waals surface area contributed by atoms with Crippen molar-refractivity contribution in [2.24, 2.45) is 13.0 Å². The fourth-order valence-corrected chi connectivity index (χ4v) is 4.80. The molecule has 0 radical (unpaired) electrons. The number of carbonyl (C=O) groups excluding carboxylic acids is 1. The van der Waals surface area contributed by atoms with Crippen LogP contribution in [0.2, 0.25) is 0 Å². The summed E-state index contributed by atoms with van der Waals surface area (Å²) in [5, 5.41) is 0. The van der Waals surface area contributed by atoms with Crippen molar-refractivity contribution >= 4 is 11.6 Å². The molecule has 0 N–H and O–H groups in total. The van der Waals surface area contributed by atoms with Gasteiger partial charge in [-0.3, -0.25) is 18.7 Å². The Morgan fingerprint density at radius 3 is 2.20 bits per heavy atom. The number of piperazine rings is 1. The van der Waals surface area contributed by atoms with Gasteiger partial charge < -0.3 is 9.80 Å². The Kier molecular flexibility index (Phi) is 5.79. The lowest BCUT2D eigenvalue weighted by Crippen LogP contribution is -2.53. The quantitative estimate of drug-likeness (QED) is 0.777. The molecule has 0 spiro atoms. The molecule has 7 nitrogen and oxygen atoms in total. The van der Waals surface area contributed by atoms with E-state index in [-0.39, 0.29) is 23.1 Å². The van der Waals surface area contributed by atoms with Crippen LogP contribution in [-0.2, 0) is 11.8 Å². The summed E-state index contributed by atoms with van der Waals surface area (Å²) in [6, 6.07) is 9.38. The number of aromatic nitrogens is 2. The summed E-state index contributed by atoms with van der Waals surface area (Å²) in [6.07, 6.45) is 5.53. The molecule has 30 heavy (non-hydrogen) atoms. The van der Waals surface area contributed by atoms with Crippen molar-refractivity contribution in [3.8, 4) is 5.69 Å². The largest absolute Gasteiger partial charge is 0.362 e. The van der Waals surface area contributed by atoms with Crippen molar-refractivity contribution in [1.82, 2.24) is 14.0 Å². The molecule has 1 saturated carbocycles. The van der Waals surface area contributed by atoms with Crippen LogP contribution in [0.15, 0.2) is 39.9 Å². The smallest absolute Gasteiger partial charge is 0.335 e. The molecule has 2 aromatic rings. The molecule has 1 aromatic heterocycles. The first-order valence-corrected chi connectivity index (χ1v) is 10.9. The van der Waals surface area contributed by atoms with Crippen molar-refractivity contribution < 1.29 is 4.79 Å². The third-order valence-corrected chi connectivity index (χ3v) is 6.54. The van der Waals surface area contributed by atoms with Gasteiger partial charge in [-0.2, -0.15) is 0 Å². The standard InChI is InChI=1S/C23H30N4O3/c1-17-20(22(29)24(2)23(30)27(17)19-11-7-4-8-12-19)25-13-15-26(16-14-25)21(28)18-9-5-3-6-10-18/h4,7-8,11-12,18H,3,5-6,9-10,13-16H2,1-2H3. The molecule has 4 rings (SSSR count). The number of hydrogen-bond acceptors (Lipinski definition) is 4. The second-order valence-electron chi connectivity index (χ2n) is 8.40. The molecule has 2 aliphatic rings. The van der Waals surface area contributed by atoms with Crippen molar-refractivity contribution in [1.29, 1.82) is 0 Å². The van der Waals surface area contributed by atoms with Gasteiger partial charge in [0.05, 0.1) is 11.4 Å². The van der Waals surface area contributed by atoms with Gasteiger partial charge in [-0.25, -0.2) is 4.79 Å². The van der Waals surface area contributed by atoms with Gasteiger partial charge in [0.15, 0.2) is 0 Å². The molecule has 2 heterocycles. The maximum atomic E-state index is 13.0. The highest BCUT2D eigenvalue weighted by molar-refractivity contribution is 5.79. The molecular formula is C23H30N4O3. The van der Waals surface area contributed by atoms with E-state index in [9.17, 15) is 14.4 Å². The average Bonchev–Trinajstić information content (AvgIpc) is 2.79. The Morgan fingerprint density at radius 1 is 0.933 bits per heavy atom. The monoisotopic (exact) mass is 410 g/mol. The first kappa shape index (κ1) is 20.4. The van der Waals surface area contributed by atoms with Gasteiger partial charge in [0.25, 0.3) is 5.56 Å². The Balaban J connectivity index is 1.59. The second kappa shape index (κ2) is 8.50. The number of hydrogen-bond donors (Lipinski definition) is 0. The second-order valence-corrected chi connectivity index (χ2v) is 8.40. The van der Waals surface area contributed by atoms with Gasteiger partial charge in [0, 0.05) is 39.1 Å². The summed E-state index contributed by atoms with van der Waals surface area (Å²) >= 11 is 0. The Hall–Kier alpha value is -2.83. The van der Waals surface area contributed by atoms with E-state index in [1.165, 1.54) is 18.0 Å². The zero-order valence-electron chi connectivity index (χ0n) is 17.8. The number of carbonyl (C=O) groups is 1. The number of para-hydroxylation sites is 1. The number of nitrogens with zero attached hydrogens (tertiary/aromatic N) is 4. The van der Waals surface area contributed by atoms with Gasteiger partial charge in [-0.05, 0) is 31.9 Å².